The minimum absolute atomic E-state index is 0.128. The topological polar surface area (TPSA) is 76.8 Å². The fourth-order valence-electron chi connectivity index (χ4n) is 1.76. The van der Waals surface area contributed by atoms with Crippen LogP contribution in [0.4, 0.5) is 0 Å². The Balaban J connectivity index is 2.04. The standard InChI is InChI=1S/C11H23N3O3/c1-16-10(9-12)11(15)13-3-2-4-14-5-7-17-8-6-14/h10H,2-9,12H2,1H3,(H,13,15). The lowest BCUT2D eigenvalue weighted by atomic mass is 10.3. The van der Waals surface area contributed by atoms with Crippen molar-refractivity contribution in [2.75, 3.05) is 53.0 Å². The molecule has 1 heterocycles. The lowest BCUT2D eigenvalue weighted by Crippen LogP contribution is -2.42. The lowest BCUT2D eigenvalue weighted by molar-refractivity contribution is -0.130. The maximum Gasteiger partial charge on any atom is 0.250 e. The van der Waals surface area contributed by atoms with Crippen molar-refractivity contribution >= 4 is 5.91 Å². The number of ether oxygens (including phenoxy) is 2. The molecule has 100 valence electrons. The van der Waals surface area contributed by atoms with Gasteiger partial charge in [0, 0.05) is 33.3 Å². The van der Waals surface area contributed by atoms with Crippen LogP contribution >= 0.6 is 0 Å². The van der Waals surface area contributed by atoms with Crippen LogP contribution in [0.25, 0.3) is 0 Å². The number of rotatable bonds is 7. The number of hydrogen-bond donors (Lipinski definition) is 2. The molecule has 0 aromatic carbocycles. The predicted octanol–water partition coefficient (Wildman–Crippen LogP) is -1.20. The van der Waals surface area contributed by atoms with Gasteiger partial charge in [-0.25, -0.2) is 0 Å². The number of hydrogen-bond acceptors (Lipinski definition) is 5. The molecule has 0 spiro atoms. The first-order valence-electron chi connectivity index (χ1n) is 6.08. The lowest BCUT2D eigenvalue weighted by Gasteiger charge is -2.26. The van der Waals surface area contributed by atoms with E-state index >= 15 is 0 Å². The number of nitrogens with zero attached hydrogens (tertiary/aromatic N) is 1. The molecule has 1 amide bonds. The van der Waals surface area contributed by atoms with E-state index in [0.29, 0.717) is 6.54 Å². The van der Waals surface area contributed by atoms with Crippen molar-refractivity contribution in [3.8, 4) is 0 Å². The van der Waals surface area contributed by atoms with E-state index in [1.807, 2.05) is 0 Å². The van der Waals surface area contributed by atoms with Crippen LogP contribution in [-0.2, 0) is 14.3 Å². The van der Waals surface area contributed by atoms with Crippen LogP contribution < -0.4 is 11.1 Å². The highest BCUT2D eigenvalue weighted by Gasteiger charge is 2.15. The molecule has 1 fully saturated rings. The van der Waals surface area contributed by atoms with Crippen molar-refractivity contribution in [1.82, 2.24) is 10.2 Å². The van der Waals surface area contributed by atoms with E-state index in [1.54, 1.807) is 0 Å². The SMILES string of the molecule is COC(CN)C(=O)NCCCN1CCOCC1. The molecule has 0 aromatic heterocycles. The van der Waals surface area contributed by atoms with Crippen LogP contribution in [0.5, 0.6) is 0 Å². The molecule has 17 heavy (non-hydrogen) atoms. The van der Waals surface area contributed by atoms with Gasteiger partial charge in [-0.05, 0) is 13.0 Å². The largest absolute Gasteiger partial charge is 0.379 e. The number of amides is 1. The molecular weight excluding hydrogens is 222 g/mol. The van der Waals surface area contributed by atoms with Gasteiger partial charge >= 0.3 is 0 Å². The summed E-state index contributed by atoms with van der Waals surface area (Å²) in [5.74, 6) is -0.128. The maximum absolute atomic E-state index is 11.5. The maximum atomic E-state index is 11.5. The molecule has 1 saturated heterocycles. The predicted molar refractivity (Wildman–Crippen MR) is 64.7 cm³/mol. The van der Waals surface area contributed by atoms with Crippen molar-refractivity contribution in [2.45, 2.75) is 12.5 Å². The summed E-state index contributed by atoms with van der Waals surface area (Å²) in [6.07, 6.45) is 0.408. The van der Waals surface area contributed by atoms with Crippen molar-refractivity contribution in [1.29, 1.82) is 0 Å². The van der Waals surface area contributed by atoms with Crippen molar-refractivity contribution in [2.24, 2.45) is 5.73 Å². The molecule has 1 atom stereocenters. The molecule has 1 aliphatic rings. The van der Waals surface area contributed by atoms with Gasteiger partial charge in [-0.1, -0.05) is 0 Å². The monoisotopic (exact) mass is 245 g/mol. The second-order valence-electron chi connectivity index (χ2n) is 4.06. The Morgan fingerprint density at radius 3 is 2.82 bits per heavy atom. The van der Waals surface area contributed by atoms with E-state index in [2.05, 4.69) is 10.2 Å². The average Bonchev–Trinajstić information content (AvgIpc) is 2.37. The molecule has 0 aromatic rings. The van der Waals surface area contributed by atoms with Crippen molar-refractivity contribution in [3.05, 3.63) is 0 Å². The van der Waals surface area contributed by atoms with E-state index in [4.69, 9.17) is 15.2 Å². The first-order valence-corrected chi connectivity index (χ1v) is 6.08. The van der Waals surface area contributed by atoms with E-state index in [9.17, 15) is 4.79 Å². The van der Waals surface area contributed by atoms with Crippen LogP contribution in [-0.4, -0.2) is 70.0 Å². The number of morpholine rings is 1. The zero-order chi connectivity index (χ0) is 12.5. The summed E-state index contributed by atoms with van der Waals surface area (Å²) in [4.78, 5) is 13.8. The van der Waals surface area contributed by atoms with Gasteiger partial charge in [-0.2, -0.15) is 0 Å². The van der Waals surface area contributed by atoms with Gasteiger partial charge in [0.25, 0.3) is 0 Å². The summed E-state index contributed by atoms with van der Waals surface area (Å²) < 4.78 is 10.2. The van der Waals surface area contributed by atoms with E-state index in [0.717, 1.165) is 39.3 Å². The van der Waals surface area contributed by atoms with Crippen molar-refractivity contribution in [3.63, 3.8) is 0 Å². The number of nitrogens with two attached hydrogens (primary N) is 1. The molecule has 1 unspecified atom stereocenters. The first kappa shape index (κ1) is 14.4. The second kappa shape index (κ2) is 8.41. The van der Waals surface area contributed by atoms with Gasteiger partial charge in [-0.15, -0.1) is 0 Å². The third-order valence-corrected chi connectivity index (χ3v) is 2.85. The van der Waals surface area contributed by atoms with Gasteiger partial charge in [-0.3, -0.25) is 9.69 Å². The van der Waals surface area contributed by atoms with Gasteiger partial charge in [0.05, 0.1) is 13.2 Å². The molecule has 0 saturated carbocycles. The molecule has 6 heteroatoms. The fourth-order valence-corrected chi connectivity index (χ4v) is 1.76. The minimum Gasteiger partial charge on any atom is -0.379 e. The summed E-state index contributed by atoms with van der Waals surface area (Å²) in [6, 6.07) is 0. The van der Waals surface area contributed by atoms with Crippen LogP contribution in [0.2, 0.25) is 0 Å². The summed E-state index contributed by atoms with van der Waals surface area (Å²) in [6.45, 7) is 5.46. The molecule has 0 radical (unpaired) electrons. The number of methoxy groups -OCH3 is 1. The van der Waals surface area contributed by atoms with Crippen LogP contribution in [0.1, 0.15) is 6.42 Å². The number of carbonyl (C=O) groups excluding carboxylic acids is 1. The Morgan fingerprint density at radius 2 is 2.24 bits per heavy atom. The van der Waals surface area contributed by atoms with E-state index < -0.39 is 6.10 Å². The van der Waals surface area contributed by atoms with Gasteiger partial charge in [0.2, 0.25) is 5.91 Å². The highest BCUT2D eigenvalue weighted by Crippen LogP contribution is 1.97. The average molecular weight is 245 g/mol. The van der Waals surface area contributed by atoms with Gasteiger partial charge in [0.1, 0.15) is 6.10 Å². The molecule has 1 aliphatic heterocycles. The van der Waals surface area contributed by atoms with Crippen molar-refractivity contribution < 1.29 is 14.3 Å². The number of carbonyl (C=O) groups is 1. The molecule has 6 nitrogen and oxygen atoms in total. The second-order valence-corrected chi connectivity index (χ2v) is 4.06. The molecular formula is C11H23N3O3. The third-order valence-electron chi connectivity index (χ3n) is 2.85. The smallest absolute Gasteiger partial charge is 0.250 e. The van der Waals surface area contributed by atoms with Crippen LogP contribution in [0.15, 0.2) is 0 Å². The van der Waals surface area contributed by atoms with Gasteiger partial charge < -0.3 is 20.5 Å². The third kappa shape index (κ3) is 5.45. The Bertz CT molecular complexity index is 216. The molecule has 3 N–H and O–H groups in total. The summed E-state index contributed by atoms with van der Waals surface area (Å²) in [7, 11) is 1.49. The van der Waals surface area contributed by atoms with Gasteiger partial charge in [0.15, 0.2) is 0 Å². The van der Waals surface area contributed by atoms with Crippen LogP contribution in [0, 0.1) is 0 Å². The zero-order valence-electron chi connectivity index (χ0n) is 10.5. The minimum atomic E-state index is -0.529. The molecule has 1 rings (SSSR count). The fraction of sp³-hybridized carbons (Fsp3) is 0.909. The van der Waals surface area contributed by atoms with E-state index in [-0.39, 0.29) is 12.5 Å². The van der Waals surface area contributed by atoms with Crippen LogP contribution in [0.3, 0.4) is 0 Å². The first-order chi connectivity index (χ1) is 8.27. The normalized spacial score (nSPS) is 18.9. The molecule has 0 bridgehead atoms. The summed E-state index contributed by atoms with van der Waals surface area (Å²) in [5, 5.41) is 2.82. The Hall–Kier alpha value is -0.690. The number of nitrogens with one attached hydrogen (secondary N) is 1. The zero-order valence-corrected chi connectivity index (χ0v) is 10.5. The Kier molecular flexibility index (Phi) is 7.11. The highest BCUT2D eigenvalue weighted by molar-refractivity contribution is 5.80. The van der Waals surface area contributed by atoms with E-state index in [1.165, 1.54) is 7.11 Å². The quantitative estimate of drug-likeness (QED) is 0.551. The Labute approximate surface area is 102 Å². The Morgan fingerprint density at radius 1 is 1.53 bits per heavy atom. The highest BCUT2D eigenvalue weighted by atomic mass is 16.5. The summed E-state index contributed by atoms with van der Waals surface area (Å²) >= 11 is 0. The molecule has 0 aliphatic carbocycles. The summed E-state index contributed by atoms with van der Waals surface area (Å²) in [5.41, 5.74) is 5.40.